The Bertz CT molecular complexity index is 1280. The van der Waals surface area contributed by atoms with Crippen LogP contribution in [0.15, 0.2) is 30.5 Å². The summed E-state index contributed by atoms with van der Waals surface area (Å²) < 4.78 is 4.14. The van der Waals surface area contributed by atoms with Gasteiger partial charge in [-0.15, -0.1) is 10.2 Å². The van der Waals surface area contributed by atoms with E-state index in [1.165, 1.54) is 6.42 Å². The van der Waals surface area contributed by atoms with E-state index in [0.717, 1.165) is 66.6 Å². The minimum atomic E-state index is -0.253. The molecule has 0 aliphatic carbocycles. The van der Waals surface area contributed by atoms with Gasteiger partial charge in [-0.05, 0) is 56.4 Å². The Balaban J connectivity index is 1.52. The van der Waals surface area contributed by atoms with Gasteiger partial charge in [0, 0.05) is 24.9 Å². The third-order valence-corrected chi connectivity index (χ3v) is 6.65. The van der Waals surface area contributed by atoms with Gasteiger partial charge < -0.3 is 9.88 Å². The molecule has 0 bridgehead atoms. The zero-order valence-corrected chi connectivity index (χ0v) is 19.2. The highest BCUT2D eigenvalue weighted by atomic mass is 32.2. The third kappa shape index (κ3) is 3.85. The van der Waals surface area contributed by atoms with E-state index in [2.05, 4.69) is 26.3 Å². The second kappa shape index (κ2) is 8.90. The van der Waals surface area contributed by atoms with Crippen LogP contribution in [0, 0.1) is 6.92 Å². The van der Waals surface area contributed by atoms with Crippen molar-refractivity contribution in [3.05, 3.63) is 53.4 Å². The van der Waals surface area contributed by atoms with E-state index in [9.17, 15) is 4.79 Å². The second-order valence-electron chi connectivity index (χ2n) is 8.27. The smallest absolute Gasteiger partial charge is 0.254 e. The van der Waals surface area contributed by atoms with Crippen molar-refractivity contribution in [3.8, 4) is 0 Å². The fourth-order valence-electron chi connectivity index (χ4n) is 4.42. The Labute approximate surface area is 190 Å². The standard InChI is InChI=1S/C23H27N7OS/c1-15-14-16(20-22(24-15)29-11-6-3-4-8-18(29)26-20)23(31)25-17(10-13-32-2)21-28-27-19-9-5-7-12-30(19)21/h5,7,9,12,14,17H,3-4,6,8,10-11,13H2,1-2H3,(H,25,31). The highest BCUT2D eigenvalue weighted by Crippen LogP contribution is 2.25. The van der Waals surface area contributed by atoms with Crippen LogP contribution >= 0.6 is 11.8 Å². The Kier molecular flexibility index (Phi) is 5.82. The number of thioether (sulfide) groups is 1. The van der Waals surface area contributed by atoms with Crippen LogP contribution in [0.4, 0.5) is 0 Å². The van der Waals surface area contributed by atoms with Gasteiger partial charge >= 0.3 is 0 Å². The van der Waals surface area contributed by atoms with Crippen LogP contribution in [0.2, 0.25) is 0 Å². The van der Waals surface area contributed by atoms with E-state index in [4.69, 9.17) is 9.97 Å². The number of carbonyl (C=O) groups is 1. The van der Waals surface area contributed by atoms with Gasteiger partial charge in [0.1, 0.15) is 11.3 Å². The maximum atomic E-state index is 13.5. The molecule has 1 N–H and O–H groups in total. The molecule has 1 unspecified atom stereocenters. The lowest BCUT2D eigenvalue weighted by molar-refractivity contribution is 0.0935. The molecule has 32 heavy (non-hydrogen) atoms. The lowest BCUT2D eigenvalue weighted by Crippen LogP contribution is -2.30. The number of nitrogens with one attached hydrogen (secondary N) is 1. The molecule has 4 aromatic heterocycles. The number of aryl methyl sites for hydroxylation is 3. The minimum absolute atomic E-state index is 0.146. The predicted molar refractivity (Wildman–Crippen MR) is 126 cm³/mol. The van der Waals surface area contributed by atoms with Gasteiger partial charge in [-0.3, -0.25) is 9.20 Å². The average molecular weight is 450 g/mol. The number of amides is 1. The van der Waals surface area contributed by atoms with E-state index < -0.39 is 0 Å². The highest BCUT2D eigenvalue weighted by molar-refractivity contribution is 7.98. The topological polar surface area (TPSA) is 90.0 Å². The summed E-state index contributed by atoms with van der Waals surface area (Å²) in [6, 6.07) is 7.39. The van der Waals surface area contributed by atoms with Crippen molar-refractivity contribution in [1.29, 1.82) is 0 Å². The first kappa shape index (κ1) is 20.9. The summed E-state index contributed by atoms with van der Waals surface area (Å²) in [7, 11) is 0. The van der Waals surface area contributed by atoms with Gasteiger partial charge in [0.05, 0.1) is 11.6 Å². The maximum absolute atomic E-state index is 13.5. The Morgan fingerprint density at radius 1 is 1.22 bits per heavy atom. The Hall–Kier alpha value is -2.94. The number of hydrogen-bond donors (Lipinski definition) is 1. The molecule has 0 spiro atoms. The van der Waals surface area contributed by atoms with Crippen molar-refractivity contribution in [1.82, 2.24) is 34.4 Å². The molecule has 1 aliphatic heterocycles. The second-order valence-corrected chi connectivity index (χ2v) is 9.25. The lowest BCUT2D eigenvalue weighted by Gasteiger charge is -2.17. The molecule has 0 fully saturated rings. The van der Waals surface area contributed by atoms with Gasteiger partial charge in [-0.2, -0.15) is 11.8 Å². The summed E-state index contributed by atoms with van der Waals surface area (Å²) in [5.74, 6) is 2.53. The van der Waals surface area contributed by atoms with Crippen LogP contribution in [0.1, 0.15) is 59.4 Å². The monoisotopic (exact) mass is 449 g/mol. The van der Waals surface area contributed by atoms with Crippen LogP contribution < -0.4 is 5.32 Å². The number of pyridine rings is 2. The molecule has 166 valence electrons. The quantitative estimate of drug-likeness (QED) is 0.482. The van der Waals surface area contributed by atoms with Crippen molar-refractivity contribution < 1.29 is 4.79 Å². The van der Waals surface area contributed by atoms with Crippen LogP contribution in [0.3, 0.4) is 0 Å². The summed E-state index contributed by atoms with van der Waals surface area (Å²) in [6.07, 6.45) is 9.13. The molecular weight excluding hydrogens is 422 g/mol. The van der Waals surface area contributed by atoms with Gasteiger partial charge in [0.2, 0.25) is 0 Å². The molecule has 5 heterocycles. The van der Waals surface area contributed by atoms with E-state index in [-0.39, 0.29) is 11.9 Å². The van der Waals surface area contributed by atoms with Crippen molar-refractivity contribution in [2.75, 3.05) is 12.0 Å². The summed E-state index contributed by atoms with van der Waals surface area (Å²) >= 11 is 1.75. The Morgan fingerprint density at radius 2 is 2.12 bits per heavy atom. The number of hydrogen-bond acceptors (Lipinski definition) is 6. The van der Waals surface area contributed by atoms with Crippen LogP contribution in [0.5, 0.6) is 0 Å². The number of imidazole rings is 1. The molecule has 0 saturated heterocycles. The molecule has 1 aliphatic rings. The van der Waals surface area contributed by atoms with Crippen LogP contribution in [-0.2, 0) is 13.0 Å². The fraction of sp³-hybridized carbons (Fsp3) is 0.435. The van der Waals surface area contributed by atoms with Gasteiger partial charge in [-0.1, -0.05) is 12.5 Å². The predicted octanol–water partition coefficient (Wildman–Crippen LogP) is 3.73. The van der Waals surface area contributed by atoms with Crippen molar-refractivity contribution >= 4 is 34.5 Å². The molecule has 0 radical (unpaired) electrons. The SMILES string of the molecule is CSCCC(NC(=O)c1cc(C)nc2c1nc1n2CCCCC1)c1nnc2ccccn12. The average Bonchev–Trinajstić information content (AvgIpc) is 3.29. The van der Waals surface area contributed by atoms with E-state index in [1.54, 1.807) is 11.8 Å². The number of rotatable bonds is 6. The first-order valence-electron chi connectivity index (χ1n) is 11.1. The molecule has 9 heteroatoms. The van der Waals surface area contributed by atoms with E-state index >= 15 is 0 Å². The van der Waals surface area contributed by atoms with Gasteiger partial charge in [0.15, 0.2) is 17.1 Å². The van der Waals surface area contributed by atoms with Crippen LogP contribution in [-0.4, -0.2) is 47.0 Å². The number of aromatic nitrogens is 6. The summed E-state index contributed by atoms with van der Waals surface area (Å²) in [5.41, 5.74) is 3.69. The third-order valence-electron chi connectivity index (χ3n) is 6.00. The molecule has 0 saturated carbocycles. The maximum Gasteiger partial charge on any atom is 0.254 e. The molecule has 5 rings (SSSR count). The van der Waals surface area contributed by atoms with Crippen LogP contribution in [0.25, 0.3) is 16.8 Å². The number of nitrogens with zero attached hydrogens (tertiary/aromatic N) is 6. The summed E-state index contributed by atoms with van der Waals surface area (Å²) in [4.78, 5) is 23.1. The van der Waals surface area contributed by atoms with Crippen molar-refractivity contribution in [2.24, 2.45) is 0 Å². The van der Waals surface area contributed by atoms with E-state index in [0.29, 0.717) is 11.1 Å². The highest BCUT2D eigenvalue weighted by Gasteiger charge is 2.25. The fourth-order valence-corrected chi connectivity index (χ4v) is 4.90. The first-order valence-corrected chi connectivity index (χ1v) is 12.5. The van der Waals surface area contributed by atoms with Crippen molar-refractivity contribution in [2.45, 2.75) is 51.6 Å². The summed E-state index contributed by atoms with van der Waals surface area (Å²) in [6.45, 7) is 2.84. The minimum Gasteiger partial charge on any atom is -0.342 e. The van der Waals surface area contributed by atoms with E-state index in [1.807, 2.05) is 41.8 Å². The van der Waals surface area contributed by atoms with Crippen molar-refractivity contribution in [3.63, 3.8) is 0 Å². The number of carbonyl (C=O) groups excluding carboxylic acids is 1. The molecule has 8 nitrogen and oxygen atoms in total. The molecule has 4 aromatic rings. The number of fused-ring (bicyclic) bond motifs is 4. The first-order chi connectivity index (χ1) is 15.7. The normalized spacial score (nSPS) is 14.9. The zero-order valence-electron chi connectivity index (χ0n) is 18.4. The largest absolute Gasteiger partial charge is 0.342 e. The molecule has 0 aromatic carbocycles. The lowest BCUT2D eigenvalue weighted by atomic mass is 10.1. The molecule has 1 atom stereocenters. The van der Waals surface area contributed by atoms with Gasteiger partial charge in [-0.25, -0.2) is 9.97 Å². The Morgan fingerprint density at radius 3 is 3.00 bits per heavy atom. The molecule has 1 amide bonds. The molecular formula is C23H27N7OS. The summed E-state index contributed by atoms with van der Waals surface area (Å²) in [5, 5.41) is 11.9. The zero-order chi connectivity index (χ0) is 22.1. The van der Waals surface area contributed by atoms with Gasteiger partial charge in [0.25, 0.3) is 5.91 Å².